The predicted molar refractivity (Wildman–Crippen MR) is 111 cm³/mol. The van der Waals surface area contributed by atoms with Gasteiger partial charge in [-0.1, -0.05) is 6.07 Å². The second-order valence-corrected chi connectivity index (χ2v) is 8.46. The summed E-state index contributed by atoms with van der Waals surface area (Å²) >= 11 is 0. The highest BCUT2D eigenvalue weighted by atomic mass is 32.2. The third-order valence-electron chi connectivity index (χ3n) is 4.92. The molecule has 2 aliphatic rings. The van der Waals surface area contributed by atoms with Crippen LogP contribution in [0.4, 0.5) is 0 Å². The summed E-state index contributed by atoms with van der Waals surface area (Å²) in [5, 5.41) is 0. The van der Waals surface area contributed by atoms with Gasteiger partial charge in [0.25, 0.3) is 10.0 Å². The monoisotopic (exact) mass is 414 g/mol. The van der Waals surface area contributed by atoms with Crippen molar-refractivity contribution in [3.8, 4) is 17.2 Å². The van der Waals surface area contributed by atoms with E-state index in [1.165, 1.54) is 0 Å². The van der Waals surface area contributed by atoms with Gasteiger partial charge in [0.1, 0.15) is 29.7 Å². The zero-order valence-corrected chi connectivity index (χ0v) is 17.2. The van der Waals surface area contributed by atoms with Gasteiger partial charge in [-0.15, -0.1) is 0 Å². The molecular formula is C21H22N2O5S. The van der Waals surface area contributed by atoms with Crippen molar-refractivity contribution in [2.24, 2.45) is 4.99 Å². The van der Waals surface area contributed by atoms with E-state index in [0.29, 0.717) is 47.4 Å². The molecule has 2 aromatic carbocycles. The van der Waals surface area contributed by atoms with Crippen LogP contribution >= 0.6 is 0 Å². The molecule has 0 radical (unpaired) electrons. The van der Waals surface area contributed by atoms with Crippen LogP contribution in [0.3, 0.4) is 0 Å². The maximum Gasteiger partial charge on any atom is 0.264 e. The Hall–Kier alpha value is -3.00. The van der Waals surface area contributed by atoms with Gasteiger partial charge in [0, 0.05) is 5.57 Å². The molecule has 4 rings (SSSR count). The first-order valence-corrected chi connectivity index (χ1v) is 10.7. The van der Waals surface area contributed by atoms with Crippen LogP contribution in [0.5, 0.6) is 17.2 Å². The minimum absolute atomic E-state index is 0.230. The molecule has 0 bridgehead atoms. The summed E-state index contributed by atoms with van der Waals surface area (Å²) < 4.78 is 44.4. The van der Waals surface area contributed by atoms with Crippen molar-refractivity contribution >= 4 is 20.8 Å². The molecular weight excluding hydrogens is 392 g/mol. The molecule has 152 valence electrons. The van der Waals surface area contributed by atoms with Crippen molar-refractivity contribution in [3.63, 3.8) is 0 Å². The Balaban J connectivity index is 1.67. The quantitative estimate of drug-likeness (QED) is 0.830. The second kappa shape index (κ2) is 7.44. The van der Waals surface area contributed by atoms with E-state index in [-0.39, 0.29) is 10.9 Å². The Bertz CT molecular complexity index is 1100. The standard InChI is InChI=1S/C21H22N2O5S/c1-13-20(15-4-7-17(26-3)8-5-15)29(24,25)23-21(13)22-14(2)16-6-9-18-19(12-16)28-11-10-27-18/h4-9,12,14H,10-11H2,1-3H3,(H,22,23)/t14-/m1/s1. The molecule has 0 saturated carbocycles. The van der Waals surface area contributed by atoms with Gasteiger partial charge >= 0.3 is 0 Å². The lowest BCUT2D eigenvalue weighted by molar-refractivity contribution is 0.171. The fourth-order valence-corrected chi connectivity index (χ4v) is 4.90. The van der Waals surface area contributed by atoms with Crippen molar-refractivity contribution in [2.45, 2.75) is 19.9 Å². The van der Waals surface area contributed by atoms with Gasteiger partial charge in [0.15, 0.2) is 11.5 Å². The highest BCUT2D eigenvalue weighted by Crippen LogP contribution is 2.35. The lowest BCUT2D eigenvalue weighted by Gasteiger charge is -2.19. The van der Waals surface area contributed by atoms with E-state index in [2.05, 4.69) is 9.71 Å². The maximum absolute atomic E-state index is 12.7. The molecule has 0 unspecified atom stereocenters. The average molecular weight is 414 g/mol. The molecule has 0 amide bonds. The van der Waals surface area contributed by atoms with Gasteiger partial charge in [-0.05, 0) is 61.4 Å². The van der Waals surface area contributed by atoms with Crippen LogP contribution in [0, 0.1) is 0 Å². The topological polar surface area (TPSA) is 86.2 Å². The van der Waals surface area contributed by atoms with E-state index < -0.39 is 10.0 Å². The zero-order chi connectivity index (χ0) is 20.6. The van der Waals surface area contributed by atoms with E-state index in [1.807, 2.05) is 25.1 Å². The number of rotatable bonds is 4. The SMILES string of the molecule is COc1ccc(C2=C(C)C(=N[C@H](C)c3ccc4c(c3)OCCO4)NS2(=O)=O)cc1. The van der Waals surface area contributed by atoms with Crippen molar-refractivity contribution in [2.75, 3.05) is 20.3 Å². The Morgan fingerprint density at radius 3 is 2.45 bits per heavy atom. The summed E-state index contributed by atoms with van der Waals surface area (Å²) in [7, 11) is -2.12. The number of hydrogen-bond acceptors (Lipinski definition) is 6. The molecule has 0 aliphatic carbocycles. The predicted octanol–water partition coefficient (Wildman–Crippen LogP) is 3.29. The number of sulfonamides is 1. The number of aliphatic imine (C=N–C) groups is 1. The Morgan fingerprint density at radius 1 is 1.07 bits per heavy atom. The van der Waals surface area contributed by atoms with Crippen molar-refractivity contribution in [3.05, 3.63) is 59.2 Å². The van der Waals surface area contributed by atoms with E-state index in [4.69, 9.17) is 14.2 Å². The summed E-state index contributed by atoms with van der Waals surface area (Å²) in [5.74, 6) is 2.40. The summed E-state index contributed by atoms with van der Waals surface area (Å²) in [5.41, 5.74) is 2.08. The molecule has 0 spiro atoms. The molecule has 2 heterocycles. The van der Waals surface area contributed by atoms with Gasteiger partial charge in [-0.2, -0.15) is 0 Å². The van der Waals surface area contributed by atoms with Crippen molar-refractivity contribution in [1.82, 2.24) is 4.72 Å². The molecule has 8 heteroatoms. The van der Waals surface area contributed by atoms with Crippen molar-refractivity contribution < 1.29 is 22.6 Å². The number of nitrogens with zero attached hydrogens (tertiary/aromatic N) is 1. The molecule has 0 saturated heterocycles. The van der Waals surface area contributed by atoms with Crippen LogP contribution in [0.2, 0.25) is 0 Å². The molecule has 29 heavy (non-hydrogen) atoms. The first kappa shape index (κ1) is 19.3. The minimum Gasteiger partial charge on any atom is -0.497 e. The number of ether oxygens (including phenoxy) is 3. The average Bonchev–Trinajstić information content (AvgIpc) is 2.95. The van der Waals surface area contributed by atoms with E-state index in [9.17, 15) is 8.42 Å². The summed E-state index contributed by atoms with van der Waals surface area (Å²) in [6.07, 6.45) is 0. The molecule has 1 atom stereocenters. The molecule has 0 aromatic heterocycles. The normalized spacial score (nSPS) is 19.8. The van der Waals surface area contributed by atoms with Crippen LogP contribution < -0.4 is 18.9 Å². The third kappa shape index (κ3) is 3.67. The van der Waals surface area contributed by atoms with E-state index in [0.717, 1.165) is 5.56 Å². The Kier molecular flexibility index (Phi) is 4.96. The summed E-state index contributed by atoms with van der Waals surface area (Å²) in [6.45, 7) is 4.70. The fraction of sp³-hybridized carbons (Fsp3) is 0.286. The van der Waals surface area contributed by atoms with Crippen LogP contribution in [-0.2, 0) is 10.0 Å². The number of fused-ring (bicyclic) bond motifs is 1. The minimum atomic E-state index is -3.69. The fourth-order valence-electron chi connectivity index (χ4n) is 3.39. The lowest BCUT2D eigenvalue weighted by atomic mass is 10.1. The zero-order valence-electron chi connectivity index (χ0n) is 16.4. The van der Waals surface area contributed by atoms with Crippen LogP contribution in [0.15, 0.2) is 53.0 Å². The van der Waals surface area contributed by atoms with Gasteiger partial charge in [0.05, 0.1) is 13.2 Å². The highest BCUT2D eigenvalue weighted by Gasteiger charge is 2.33. The number of benzene rings is 2. The van der Waals surface area contributed by atoms with Crippen molar-refractivity contribution in [1.29, 1.82) is 0 Å². The number of nitrogens with one attached hydrogen (secondary N) is 1. The molecule has 1 N–H and O–H groups in total. The largest absolute Gasteiger partial charge is 0.497 e. The van der Waals surface area contributed by atoms with Gasteiger partial charge in [-0.3, -0.25) is 9.71 Å². The van der Waals surface area contributed by atoms with E-state index in [1.54, 1.807) is 38.3 Å². The number of hydrogen-bond donors (Lipinski definition) is 1. The third-order valence-corrected chi connectivity index (χ3v) is 6.46. The van der Waals surface area contributed by atoms with Crippen LogP contribution in [0.1, 0.15) is 31.0 Å². The van der Waals surface area contributed by atoms with Crippen LogP contribution in [0.25, 0.3) is 4.91 Å². The second-order valence-electron chi connectivity index (χ2n) is 6.84. The smallest absolute Gasteiger partial charge is 0.264 e. The first-order chi connectivity index (χ1) is 13.9. The molecule has 0 fully saturated rings. The Morgan fingerprint density at radius 2 is 1.76 bits per heavy atom. The highest BCUT2D eigenvalue weighted by molar-refractivity contribution is 8.00. The van der Waals surface area contributed by atoms with Gasteiger partial charge in [-0.25, -0.2) is 8.42 Å². The lowest BCUT2D eigenvalue weighted by Crippen LogP contribution is -2.24. The maximum atomic E-state index is 12.7. The van der Waals surface area contributed by atoms with Gasteiger partial charge < -0.3 is 14.2 Å². The summed E-state index contributed by atoms with van der Waals surface area (Å²) in [6, 6.07) is 12.3. The summed E-state index contributed by atoms with van der Waals surface area (Å²) in [4.78, 5) is 4.86. The first-order valence-electron chi connectivity index (χ1n) is 9.25. The number of amidine groups is 1. The Labute approximate surface area is 170 Å². The van der Waals surface area contributed by atoms with Gasteiger partial charge in [0.2, 0.25) is 0 Å². The molecule has 7 nitrogen and oxygen atoms in total. The molecule has 2 aromatic rings. The molecule has 2 aliphatic heterocycles. The van der Waals surface area contributed by atoms with E-state index >= 15 is 0 Å². The van der Waals surface area contributed by atoms with Crippen LogP contribution in [-0.4, -0.2) is 34.6 Å². The number of methoxy groups -OCH3 is 1.